The summed E-state index contributed by atoms with van der Waals surface area (Å²) in [6.45, 7) is -0.0660. The first-order valence-electron chi connectivity index (χ1n) is 5.48. The van der Waals surface area contributed by atoms with E-state index in [4.69, 9.17) is 5.11 Å². The molecule has 0 amide bonds. The van der Waals surface area contributed by atoms with E-state index in [1.165, 1.54) is 16.8 Å². The maximum absolute atomic E-state index is 11.6. The Balaban J connectivity index is 2.29. The molecular formula is C10H14N2O5Se. The number of H-pyrrole nitrogens is 1. The van der Waals surface area contributed by atoms with Gasteiger partial charge in [0.1, 0.15) is 0 Å². The van der Waals surface area contributed by atoms with Crippen LogP contribution in [0.1, 0.15) is 11.4 Å². The van der Waals surface area contributed by atoms with Crippen molar-refractivity contribution in [2.24, 2.45) is 0 Å². The number of hydrogen-bond donors (Lipinski definition) is 4. The van der Waals surface area contributed by atoms with Gasteiger partial charge in [-0.05, 0) is 0 Å². The Morgan fingerprint density at radius 2 is 2.06 bits per heavy atom. The van der Waals surface area contributed by atoms with Crippen LogP contribution in [0.3, 0.4) is 0 Å². The Labute approximate surface area is 108 Å². The second-order valence-electron chi connectivity index (χ2n) is 4.08. The molecule has 18 heavy (non-hydrogen) atoms. The van der Waals surface area contributed by atoms with Gasteiger partial charge in [0.05, 0.1) is 0 Å². The Hall–Kier alpha value is -0.921. The van der Waals surface area contributed by atoms with E-state index in [-0.39, 0.29) is 26.4 Å². The van der Waals surface area contributed by atoms with Gasteiger partial charge in [0.15, 0.2) is 0 Å². The van der Waals surface area contributed by atoms with Crippen LogP contribution in [-0.4, -0.2) is 58.6 Å². The van der Waals surface area contributed by atoms with Gasteiger partial charge in [-0.25, -0.2) is 0 Å². The van der Waals surface area contributed by atoms with Crippen molar-refractivity contribution >= 4 is 15.0 Å². The summed E-state index contributed by atoms with van der Waals surface area (Å²) in [6, 6.07) is 1.20. The third-order valence-electron chi connectivity index (χ3n) is 2.88. The van der Waals surface area contributed by atoms with Crippen LogP contribution < -0.4 is 11.2 Å². The third-order valence-corrected chi connectivity index (χ3v) is 6.34. The van der Waals surface area contributed by atoms with E-state index in [0.29, 0.717) is 6.42 Å². The molecule has 1 fully saturated rings. The summed E-state index contributed by atoms with van der Waals surface area (Å²) in [4.78, 5) is 24.0. The van der Waals surface area contributed by atoms with Crippen molar-refractivity contribution < 1.29 is 15.3 Å². The molecule has 0 radical (unpaired) electrons. The molecule has 2 heterocycles. The molecule has 1 aromatic rings. The van der Waals surface area contributed by atoms with Crippen LogP contribution in [0, 0.1) is 0 Å². The number of aliphatic hydroxyl groups is 3. The van der Waals surface area contributed by atoms with E-state index in [0.717, 1.165) is 0 Å². The van der Waals surface area contributed by atoms with E-state index in [1.54, 1.807) is 0 Å². The zero-order valence-corrected chi connectivity index (χ0v) is 11.1. The van der Waals surface area contributed by atoms with Crippen LogP contribution in [-0.2, 0) is 0 Å². The number of nitrogens with one attached hydrogen (secondary N) is 1. The van der Waals surface area contributed by atoms with E-state index >= 15 is 0 Å². The van der Waals surface area contributed by atoms with Crippen molar-refractivity contribution in [3.05, 3.63) is 33.1 Å². The fraction of sp³-hybridized carbons (Fsp3) is 0.600. The van der Waals surface area contributed by atoms with Gasteiger partial charge in [-0.2, -0.15) is 0 Å². The SMILES string of the molecule is O=c1ccn([C@@H]2[Se][C@H](CCO)[C@@H](O)[C@H]2O)c(=O)[nH]1. The average molecular weight is 321 g/mol. The molecule has 1 aromatic heterocycles. The Bertz CT molecular complexity index is 527. The van der Waals surface area contributed by atoms with Gasteiger partial charge in [0.25, 0.3) is 0 Å². The van der Waals surface area contributed by atoms with Crippen molar-refractivity contribution in [1.82, 2.24) is 9.55 Å². The number of rotatable bonds is 3. The van der Waals surface area contributed by atoms with Crippen LogP contribution in [0.5, 0.6) is 0 Å². The van der Waals surface area contributed by atoms with Crippen molar-refractivity contribution in [1.29, 1.82) is 0 Å². The standard InChI is InChI=1S/C10H14N2O5Se/c13-4-2-5-7(15)8(16)9(18-5)12-3-1-6(14)11-10(12)17/h1,3,5,7-9,13,15-16H,2,4H2,(H,11,14,17)/t5-,7-,8-,9-/m1/s1. The topological polar surface area (TPSA) is 116 Å². The molecule has 0 aliphatic carbocycles. The summed E-state index contributed by atoms with van der Waals surface area (Å²) < 4.78 is 1.24. The van der Waals surface area contributed by atoms with E-state index in [2.05, 4.69) is 4.98 Å². The third kappa shape index (κ3) is 2.43. The first kappa shape index (κ1) is 13.5. The molecule has 0 spiro atoms. The predicted octanol–water partition coefficient (Wildman–Crippen LogP) is -2.35. The normalized spacial score (nSPS) is 31.7. The second-order valence-corrected chi connectivity index (χ2v) is 6.93. The molecule has 4 N–H and O–H groups in total. The molecule has 1 saturated heterocycles. The van der Waals surface area contributed by atoms with Gasteiger partial charge < -0.3 is 0 Å². The van der Waals surface area contributed by atoms with Gasteiger partial charge in [-0.15, -0.1) is 0 Å². The number of aromatic amines is 1. The molecule has 0 bridgehead atoms. The Kier molecular flexibility index (Phi) is 4.03. The van der Waals surface area contributed by atoms with E-state index in [9.17, 15) is 19.8 Å². The fourth-order valence-electron chi connectivity index (χ4n) is 1.95. The van der Waals surface area contributed by atoms with Gasteiger partial charge in [0.2, 0.25) is 0 Å². The van der Waals surface area contributed by atoms with Crippen molar-refractivity contribution in [3.8, 4) is 0 Å². The van der Waals surface area contributed by atoms with E-state index < -0.39 is 28.4 Å². The van der Waals surface area contributed by atoms with Crippen molar-refractivity contribution in [3.63, 3.8) is 0 Å². The molecule has 7 nitrogen and oxygen atoms in total. The first-order valence-corrected chi connectivity index (χ1v) is 7.46. The van der Waals surface area contributed by atoms with Gasteiger partial charge >= 0.3 is 108 Å². The molecule has 4 atom stereocenters. The van der Waals surface area contributed by atoms with Gasteiger partial charge in [0, 0.05) is 0 Å². The number of nitrogens with zero attached hydrogens (tertiary/aromatic N) is 1. The zero-order valence-electron chi connectivity index (χ0n) is 9.39. The van der Waals surface area contributed by atoms with E-state index in [1.807, 2.05) is 0 Å². The number of aromatic nitrogens is 2. The summed E-state index contributed by atoms with van der Waals surface area (Å²) >= 11 is -0.233. The first-order chi connectivity index (χ1) is 8.54. The van der Waals surface area contributed by atoms with Crippen molar-refractivity contribution in [2.45, 2.75) is 28.4 Å². The van der Waals surface area contributed by atoms with Crippen LogP contribution >= 0.6 is 0 Å². The van der Waals surface area contributed by atoms with Crippen molar-refractivity contribution in [2.75, 3.05) is 6.61 Å². The maximum atomic E-state index is 11.6. The summed E-state index contributed by atoms with van der Waals surface area (Å²) in [5, 5.41) is 28.6. The molecule has 0 unspecified atom stereocenters. The quantitative estimate of drug-likeness (QED) is 0.465. The van der Waals surface area contributed by atoms with Gasteiger partial charge in [-0.3, -0.25) is 0 Å². The van der Waals surface area contributed by atoms with Crippen LogP contribution in [0.15, 0.2) is 21.9 Å². The predicted molar refractivity (Wildman–Crippen MR) is 63.6 cm³/mol. The van der Waals surface area contributed by atoms with Gasteiger partial charge in [-0.1, -0.05) is 0 Å². The monoisotopic (exact) mass is 322 g/mol. The number of aliphatic hydroxyl groups excluding tert-OH is 3. The average Bonchev–Trinajstić information content (AvgIpc) is 2.58. The van der Waals surface area contributed by atoms with Crippen LogP contribution in [0.25, 0.3) is 0 Å². The minimum absolute atomic E-state index is 0.0660. The summed E-state index contributed by atoms with van der Waals surface area (Å²) in [5.74, 6) is 0. The molecule has 8 heteroatoms. The second kappa shape index (κ2) is 5.38. The Morgan fingerprint density at radius 1 is 1.33 bits per heavy atom. The van der Waals surface area contributed by atoms with Crippen LogP contribution in [0.4, 0.5) is 0 Å². The molecule has 1 aliphatic rings. The Morgan fingerprint density at radius 3 is 2.67 bits per heavy atom. The molecular weight excluding hydrogens is 307 g/mol. The molecule has 0 saturated carbocycles. The molecule has 100 valence electrons. The van der Waals surface area contributed by atoms with Crippen LogP contribution in [0.2, 0.25) is 4.82 Å². The summed E-state index contributed by atoms with van der Waals surface area (Å²) in [5.41, 5.74) is -1.09. The minimum atomic E-state index is -1.05. The number of hydrogen-bond acceptors (Lipinski definition) is 5. The fourth-order valence-corrected chi connectivity index (χ4v) is 5.19. The molecule has 0 aromatic carbocycles. The molecule has 1 aliphatic heterocycles. The summed E-state index contributed by atoms with van der Waals surface area (Å²) in [6.07, 6.45) is -0.274. The zero-order chi connectivity index (χ0) is 13.3. The summed E-state index contributed by atoms with van der Waals surface area (Å²) in [7, 11) is 0. The molecule has 2 rings (SSSR count).